The van der Waals surface area contributed by atoms with Crippen molar-refractivity contribution < 1.29 is 18.7 Å². The number of carbonyl (C=O) groups excluding carboxylic acids is 2. The van der Waals surface area contributed by atoms with Gasteiger partial charge in [0.2, 0.25) is 5.78 Å². The Morgan fingerprint density at radius 3 is 2.35 bits per heavy atom. The molecule has 0 fully saturated rings. The zero-order valence-corrected chi connectivity index (χ0v) is 17.9. The number of hydrogen-bond donors (Lipinski definition) is 1. The highest BCUT2D eigenvalue weighted by Crippen LogP contribution is 2.33. The molecule has 156 valence electrons. The topological polar surface area (TPSA) is 68.5 Å². The van der Waals surface area contributed by atoms with E-state index in [1.54, 1.807) is 79.7 Å². The number of ether oxygens (including phenoxy) is 1. The lowest BCUT2D eigenvalue weighted by Gasteiger charge is -2.15. The normalized spacial score (nSPS) is 11.8. The van der Waals surface area contributed by atoms with Gasteiger partial charge in [0.1, 0.15) is 11.3 Å². The molecule has 1 atom stereocenters. The van der Waals surface area contributed by atoms with E-state index in [1.165, 1.54) is 0 Å². The highest BCUT2D eigenvalue weighted by molar-refractivity contribution is 6.32. The predicted octanol–water partition coefficient (Wildman–Crippen LogP) is 6.38. The van der Waals surface area contributed by atoms with Crippen LogP contribution in [0, 0.1) is 0 Å². The second kappa shape index (κ2) is 8.84. The number of fused-ring (bicyclic) bond motifs is 1. The molecule has 4 aromatic rings. The smallest absolute Gasteiger partial charge is 0.265 e. The van der Waals surface area contributed by atoms with Crippen LogP contribution in [0.1, 0.15) is 23.0 Å². The fraction of sp³-hybridized carbons (Fsp3) is 0.0833. The zero-order chi connectivity index (χ0) is 22.0. The van der Waals surface area contributed by atoms with Gasteiger partial charge in [-0.25, -0.2) is 0 Å². The van der Waals surface area contributed by atoms with Crippen LogP contribution in [-0.4, -0.2) is 17.8 Å². The van der Waals surface area contributed by atoms with Gasteiger partial charge >= 0.3 is 0 Å². The molecule has 3 aromatic carbocycles. The Labute approximate surface area is 188 Å². The number of carbonyl (C=O) groups is 2. The number of halogens is 2. The lowest BCUT2D eigenvalue weighted by Crippen LogP contribution is -2.30. The molecule has 1 aromatic heterocycles. The maximum Gasteiger partial charge on any atom is 0.265 e. The first kappa shape index (κ1) is 21.0. The van der Waals surface area contributed by atoms with Crippen LogP contribution in [0.25, 0.3) is 11.0 Å². The van der Waals surface area contributed by atoms with E-state index in [2.05, 4.69) is 5.32 Å². The summed E-state index contributed by atoms with van der Waals surface area (Å²) >= 11 is 12.0. The third-order valence-corrected chi connectivity index (χ3v) is 5.23. The van der Waals surface area contributed by atoms with Crippen LogP contribution in [0.15, 0.2) is 77.2 Å². The van der Waals surface area contributed by atoms with Gasteiger partial charge in [-0.2, -0.15) is 0 Å². The summed E-state index contributed by atoms with van der Waals surface area (Å²) in [5.41, 5.74) is 1.16. The van der Waals surface area contributed by atoms with Crippen molar-refractivity contribution in [3.63, 3.8) is 0 Å². The molecule has 1 N–H and O–H groups in total. The van der Waals surface area contributed by atoms with E-state index in [0.29, 0.717) is 32.3 Å². The van der Waals surface area contributed by atoms with Gasteiger partial charge in [0.25, 0.3) is 5.91 Å². The lowest BCUT2D eigenvalue weighted by molar-refractivity contribution is -0.122. The maximum absolute atomic E-state index is 13.1. The molecule has 0 aliphatic carbocycles. The molecule has 0 saturated heterocycles. The van der Waals surface area contributed by atoms with Crippen LogP contribution in [-0.2, 0) is 4.79 Å². The summed E-state index contributed by atoms with van der Waals surface area (Å²) in [6.45, 7) is 1.60. The predicted molar refractivity (Wildman–Crippen MR) is 121 cm³/mol. The number of rotatable bonds is 6. The molecule has 4 rings (SSSR count). The van der Waals surface area contributed by atoms with Gasteiger partial charge in [-0.1, -0.05) is 47.5 Å². The maximum atomic E-state index is 13.1. The molecule has 0 aliphatic rings. The average molecular weight is 454 g/mol. The van der Waals surface area contributed by atoms with Crippen molar-refractivity contribution in [1.82, 2.24) is 0 Å². The number of para-hydroxylation sites is 2. The van der Waals surface area contributed by atoms with Gasteiger partial charge < -0.3 is 14.5 Å². The van der Waals surface area contributed by atoms with Gasteiger partial charge in [-0.05, 0) is 55.5 Å². The minimum Gasteiger partial charge on any atom is -0.479 e. The monoisotopic (exact) mass is 453 g/mol. The Bertz CT molecular complexity index is 1260. The molecule has 1 amide bonds. The molecule has 5 nitrogen and oxygen atoms in total. The molecular weight excluding hydrogens is 437 g/mol. The lowest BCUT2D eigenvalue weighted by atomic mass is 10.1. The van der Waals surface area contributed by atoms with Gasteiger partial charge in [0.15, 0.2) is 11.9 Å². The first-order valence-corrected chi connectivity index (χ1v) is 10.2. The number of amides is 1. The van der Waals surface area contributed by atoms with Crippen molar-refractivity contribution in [2.45, 2.75) is 13.0 Å². The van der Waals surface area contributed by atoms with E-state index >= 15 is 0 Å². The van der Waals surface area contributed by atoms with E-state index in [4.69, 9.17) is 32.4 Å². The van der Waals surface area contributed by atoms with Gasteiger partial charge in [-0.3, -0.25) is 9.59 Å². The fourth-order valence-electron chi connectivity index (χ4n) is 3.07. The second-order valence-corrected chi connectivity index (χ2v) is 7.66. The highest BCUT2D eigenvalue weighted by atomic mass is 35.5. The molecule has 0 aliphatic heterocycles. The number of nitrogens with one attached hydrogen (secondary N) is 1. The summed E-state index contributed by atoms with van der Waals surface area (Å²) in [4.78, 5) is 26.0. The standard InChI is InChI=1S/C24H17Cl2NO4/c1-14(30-20-9-5-3-7-18(20)26)24(29)27-21-17-6-2-4-8-19(17)31-23(21)22(28)15-10-12-16(25)13-11-15/h2-14H,1H3,(H,27,29). The van der Waals surface area contributed by atoms with Gasteiger partial charge in [-0.15, -0.1) is 0 Å². The van der Waals surface area contributed by atoms with Crippen molar-refractivity contribution in [2.75, 3.05) is 5.32 Å². The van der Waals surface area contributed by atoms with Gasteiger partial charge in [0.05, 0.1) is 10.7 Å². The van der Waals surface area contributed by atoms with Gasteiger partial charge in [0, 0.05) is 16.0 Å². The van der Waals surface area contributed by atoms with Crippen LogP contribution < -0.4 is 10.1 Å². The quantitative estimate of drug-likeness (QED) is 0.344. The number of hydrogen-bond acceptors (Lipinski definition) is 4. The summed E-state index contributed by atoms with van der Waals surface area (Å²) < 4.78 is 11.5. The largest absolute Gasteiger partial charge is 0.479 e. The minimum absolute atomic E-state index is 0.0295. The first-order chi connectivity index (χ1) is 14.9. The van der Waals surface area contributed by atoms with Crippen LogP contribution in [0.4, 0.5) is 5.69 Å². The SMILES string of the molecule is CC(Oc1ccccc1Cl)C(=O)Nc1c(C(=O)c2ccc(Cl)cc2)oc2ccccc12. The van der Waals surface area contributed by atoms with E-state index in [9.17, 15) is 9.59 Å². The van der Waals surface area contributed by atoms with Crippen LogP contribution >= 0.6 is 23.2 Å². The minimum atomic E-state index is -0.868. The number of benzene rings is 3. The van der Waals surface area contributed by atoms with Crippen molar-refractivity contribution >= 4 is 51.5 Å². The molecular formula is C24H17Cl2NO4. The van der Waals surface area contributed by atoms with Crippen molar-refractivity contribution in [1.29, 1.82) is 0 Å². The Morgan fingerprint density at radius 2 is 1.61 bits per heavy atom. The summed E-state index contributed by atoms with van der Waals surface area (Å²) in [5, 5.41) is 4.31. The first-order valence-electron chi connectivity index (χ1n) is 9.48. The summed E-state index contributed by atoms with van der Waals surface area (Å²) in [7, 11) is 0. The van der Waals surface area contributed by atoms with E-state index in [-0.39, 0.29) is 17.2 Å². The fourth-order valence-corrected chi connectivity index (χ4v) is 3.38. The number of ketones is 1. The van der Waals surface area contributed by atoms with E-state index in [0.717, 1.165) is 0 Å². The summed E-state index contributed by atoms with van der Waals surface area (Å²) in [5.74, 6) is -0.400. The summed E-state index contributed by atoms with van der Waals surface area (Å²) in [6.07, 6.45) is -0.868. The molecule has 1 unspecified atom stereocenters. The van der Waals surface area contributed by atoms with Crippen LogP contribution in [0.2, 0.25) is 10.0 Å². The molecule has 0 bridgehead atoms. The van der Waals surface area contributed by atoms with Crippen LogP contribution in [0.3, 0.4) is 0 Å². The Morgan fingerprint density at radius 1 is 0.935 bits per heavy atom. The Hall–Kier alpha value is -3.28. The zero-order valence-electron chi connectivity index (χ0n) is 16.4. The van der Waals surface area contributed by atoms with E-state index in [1.807, 2.05) is 0 Å². The molecule has 0 radical (unpaired) electrons. The molecule has 1 heterocycles. The van der Waals surface area contributed by atoms with Crippen LogP contribution in [0.5, 0.6) is 5.75 Å². The van der Waals surface area contributed by atoms with Crippen molar-refractivity contribution in [3.8, 4) is 5.75 Å². The molecule has 0 spiro atoms. The summed E-state index contributed by atoms with van der Waals surface area (Å²) in [6, 6.07) is 20.4. The third-order valence-electron chi connectivity index (χ3n) is 4.67. The highest BCUT2D eigenvalue weighted by Gasteiger charge is 2.25. The van der Waals surface area contributed by atoms with Crippen molar-refractivity contribution in [3.05, 3.63) is 94.2 Å². The molecule has 7 heteroatoms. The Balaban J connectivity index is 1.65. The third kappa shape index (κ3) is 4.43. The molecule has 0 saturated carbocycles. The van der Waals surface area contributed by atoms with Crippen molar-refractivity contribution in [2.24, 2.45) is 0 Å². The number of anilines is 1. The second-order valence-electron chi connectivity index (χ2n) is 6.82. The van der Waals surface area contributed by atoms with E-state index < -0.39 is 12.0 Å². The average Bonchev–Trinajstić information content (AvgIpc) is 3.13. The molecule has 31 heavy (non-hydrogen) atoms. The Kier molecular flexibility index (Phi) is 5.98. The number of furan rings is 1.